The third-order valence-corrected chi connectivity index (χ3v) is 2.42. The van der Waals surface area contributed by atoms with Crippen molar-refractivity contribution >= 4 is 0 Å². The van der Waals surface area contributed by atoms with Crippen molar-refractivity contribution in [2.75, 3.05) is 19.8 Å². The molecule has 1 saturated heterocycles. The molecule has 0 amide bonds. The first kappa shape index (κ1) is 9.96. The summed E-state index contributed by atoms with van der Waals surface area (Å²) in [6.07, 6.45) is 3.38. The molecule has 0 aromatic carbocycles. The lowest BCUT2D eigenvalue weighted by Gasteiger charge is -2.27. The second kappa shape index (κ2) is 5.51. The van der Waals surface area contributed by atoms with Crippen LogP contribution >= 0.6 is 0 Å². The molecule has 0 aromatic heterocycles. The van der Waals surface area contributed by atoms with E-state index in [1.165, 1.54) is 0 Å². The summed E-state index contributed by atoms with van der Waals surface area (Å²) in [5.41, 5.74) is 0. The second-order valence-corrected chi connectivity index (χ2v) is 3.41. The Balaban J connectivity index is 2.11. The average Bonchev–Trinajstić information content (AvgIpc) is 2.09. The molecule has 0 aliphatic carbocycles. The average molecular weight is 174 g/mol. The summed E-state index contributed by atoms with van der Waals surface area (Å²) in [5, 5.41) is 18.1. The lowest BCUT2D eigenvalue weighted by atomic mass is 9.93. The summed E-state index contributed by atoms with van der Waals surface area (Å²) in [4.78, 5) is 0. The number of unbranched alkanes of at least 4 members (excludes halogenated alkanes) is 1. The van der Waals surface area contributed by atoms with Gasteiger partial charge in [-0.25, -0.2) is 0 Å². The number of aliphatic hydroxyl groups is 2. The minimum Gasteiger partial charge on any atom is -0.396 e. The van der Waals surface area contributed by atoms with Gasteiger partial charge in [-0.3, -0.25) is 0 Å². The van der Waals surface area contributed by atoms with Crippen molar-refractivity contribution in [1.82, 2.24) is 0 Å². The summed E-state index contributed by atoms with van der Waals surface area (Å²) in [6, 6.07) is 0. The fraction of sp³-hybridized carbons (Fsp3) is 1.00. The van der Waals surface area contributed by atoms with Crippen LogP contribution in [0.15, 0.2) is 0 Å². The molecule has 0 radical (unpaired) electrons. The van der Waals surface area contributed by atoms with Crippen LogP contribution in [0.4, 0.5) is 0 Å². The van der Waals surface area contributed by atoms with Gasteiger partial charge in [0.25, 0.3) is 0 Å². The van der Waals surface area contributed by atoms with Gasteiger partial charge in [0.2, 0.25) is 0 Å². The Morgan fingerprint density at radius 2 is 2.17 bits per heavy atom. The van der Waals surface area contributed by atoms with Crippen LogP contribution in [0.3, 0.4) is 0 Å². The first-order valence-corrected chi connectivity index (χ1v) is 4.71. The quantitative estimate of drug-likeness (QED) is 0.612. The molecule has 1 heterocycles. The predicted molar refractivity (Wildman–Crippen MR) is 45.9 cm³/mol. The van der Waals surface area contributed by atoms with Crippen LogP contribution in [-0.4, -0.2) is 36.1 Å². The maximum absolute atomic E-state index is 9.53. The van der Waals surface area contributed by atoms with Crippen molar-refractivity contribution in [3.05, 3.63) is 0 Å². The van der Waals surface area contributed by atoms with E-state index in [0.717, 1.165) is 25.7 Å². The minimum atomic E-state index is -0.183. The van der Waals surface area contributed by atoms with E-state index in [-0.39, 0.29) is 12.7 Å². The van der Waals surface area contributed by atoms with Gasteiger partial charge in [-0.1, -0.05) is 6.42 Å². The van der Waals surface area contributed by atoms with Crippen LogP contribution in [0.25, 0.3) is 0 Å². The van der Waals surface area contributed by atoms with Gasteiger partial charge in [0.15, 0.2) is 0 Å². The fourth-order valence-electron chi connectivity index (χ4n) is 1.58. The monoisotopic (exact) mass is 174 g/mol. The molecule has 12 heavy (non-hydrogen) atoms. The van der Waals surface area contributed by atoms with Gasteiger partial charge in [0.1, 0.15) is 0 Å². The first-order chi connectivity index (χ1) is 5.84. The third kappa shape index (κ3) is 3.09. The lowest BCUT2D eigenvalue weighted by Crippen LogP contribution is -2.31. The Morgan fingerprint density at radius 3 is 2.83 bits per heavy atom. The Morgan fingerprint density at radius 1 is 1.33 bits per heavy atom. The highest BCUT2D eigenvalue weighted by Gasteiger charge is 2.22. The molecule has 3 heteroatoms. The molecule has 0 saturated carbocycles. The predicted octanol–water partition coefficient (Wildman–Crippen LogP) is 0.546. The zero-order valence-corrected chi connectivity index (χ0v) is 7.41. The van der Waals surface area contributed by atoms with Gasteiger partial charge in [-0.2, -0.15) is 0 Å². The van der Waals surface area contributed by atoms with E-state index in [1.807, 2.05) is 0 Å². The molecular formula is C9H18O3. The summed E-state index contributed by atoms with van der Waals surface area (Å²) in [5.74, 6) is 0.297. The molecule has 72 valence electrons. The molecule has 2 unspecified atom stereocenters. The normalized spacial score (nSPS) is 30.5. The summed E-state index contributed by atoms with van der Waals surface area (Å²) < 4.78 is 5.26. The van der Waals surface area contributed by atoms with Crippen LogP contribution in [0, 0.1) is 5.92 Å². The largest absolute Gasteiger partial charge is 0.396 e. The van der Waals surface area contributed by atoms with Crippen LogP contribution in [0.5, 0.6) is 0 Å². The zero-order chi connectivity index (χ0) is 8.81. The number of hydrogen-bond donors (Lipinski definition) is 2. The van der Waals surface area contributed by atoms with Gasteiger partial charge in [0.05, 0.1) is 12.7 Å². The fourth-order valence-corrected chi connectivity index (χ4v) is 1.58. The SMILES string of the molecule is OCCCCC1COCCC1O. The molecule has 1 aliphatic rings. The number of ether oxygens (including phenoxy) is 1. The molecule has 1 aliphatic heterocycles. The summed E-state index contributed by atoms with van der Waals surface area (Å²) in [7, 11) is 0. The van der Waals surface area contributed by atoms with Gasteiger partial charge < -0.3 is 14.9 Å². The maximum atomic E-state index is 9.53. The van der Waals surface area contributed by atoms with Crippen molar-refractivity contribution in [3.8, 4) is 0 Å². The molecule has 2 N–H and O–H groups in total. The molecule has 1 rings (SSSR count). The molecule has 1 fully saturated rings. The highest BCUT2D eigenvalue weighted by atomic mass is 16.5. The molecular weight excluding hydrogens is 156 g/mol. The van der Waals surface area contributed by atoms with Crippen LogP contribution < -0.4 is 0 Å². The Hall–Kier alpha value is -0.120. The Labute approximate surface area is 73.4 Å². The highest BCUT2D eigenvalue weighted by Crippen LogP contribution is 2.19. The molecule has 0 aromatic rings. The van der Waals surface area contributed by atoms with Crippen LogP contribution in [-0.2, 0) is 4.74 Å². The lowest BCUT2D eigenvalue weighted by molar-refractivity contribution is -0.0392. The Bertz CT molecular complexity index is 116. The number of rotatable bonds is 4. The zero-order valence-electron chi connectivity index (χ0n) is 7.41. The van der Waals surface area contributed by atoms with Gasteiger partial charge in [0, 0.05) is 19.1 Å². The minimum absolute atomic E-state index is 0.183. The first-order valence-electron chi connectivity index (χ1n) is 4.71. The smallest absolute Gasteiger partial charge is 0.0612 e. The van der Waals surface area contributed by atoms with Crippen molar-refractivity contribution in [2.45, 2.75) is 31.8 Å². The topological polar surface area (TPSA) is 49.7 Å². The molecule has 0 spiro atoms. The van der Waals surface area contributed by atoms with E-state index < -0.39 is 0 Å². The van der Waals surface area contributed by atoms with Crippen molar-refractivity contribution in [1.29, 1.82) is 0 Å². The van der Waals surface area contributed by atoms with Crippen LogP contribution in [0.1, 0.15) is 25.7 Å². The van der Waals surface area contributed by atoms with Gasteiger partial charge in [-0.05, 0) is 19.3 Å². The third-order valence-electron chi connectivity index (χ3n) is 2.42. The molecule has 0 bridgehead atoms. The standard InChI is InChI=1S/C9H18O3/c10-5-2-1-3-8-7-12-6-4-9(8)11/h8-11H,1-7H2. The Kier molecular flexibility index (Phi) is 4.58. The summed E-state index contributed by atoms with van der Waals surface area (Å²) >= 11 is 0. The van der Waals surface area contributed by atoms with E-state index in [4.69, 9.17) is 9.84 Å². The van der Waals surface area contributed by atoms with Crippen LogP contribution in [0.2, 0.25) is 0 Å². The van der Waals surface area contributed by atoms with Gasteiger partial charge in [-0.15, -0.1) is 0 Å². The van der Waals surface area contributed by atoms with E-state index in [1.54, 1.807) is 0 Å². The highest BCUT2D eigenvalue weighted by molar-refractivity contribution is 4.72. The second-order valence-electron chi connectivity index (χ2n) is 3.41. The maximum Gasteiger partial charge on any atom is 0.0612 e. The van der Waals surface area contributed by atoms with Gasteiger partial charge >= 0.3 is 0 Å². The number of hydrogen-bond acceptors (Lipinski definition) is 3. The van der Waals surface area contributed by atoms with Crippen molar-refractivity contribution in [3.63, 3.8) is 0 Å². The van der Waals surface area contributed by atoms with E-state index in [9.17, 15) is 5.11 Å². The van der Waals surface area contributed by atoms with Crippen molar-refractivity contribution in [2.24, 2.45) is 5.92 Å². The molecule has 2 atom stereocenters. The summed E-state index contributed by atoms with van der Waals surface area (Å²) in [6.45, 7) is 1.63. The number of aliphatic hydroxyl groups excluding tert-OH is 2. The van der Waals surface area contributed by atoms with E-state index >= 15 is 0 Å². The van der Waals surface area contributed by atoms with Crippen molar-refractivity contribution < 1.29 is 14.9 Å². The van der Waals surface area contributed by atoms with E-state index in [0.29, 0.717) is 19.1 Å². The molecule has 3 nitrogen and oxygen atoms in total. The van der Waals surface area contributed by atoms with E-state index in [2.05, 4.69) is 0 Å².